The fourth-order valence-corrected chi connectivity index (χ4v) is 2.59. The molecule has 1 aliphatic rings. The van der Waals surface area contributed by atoms with E-state index in [-0.39, 0.29) is 0 Å². The normalized spacial score (nSPS) is 19.9. The Kier molecular flexibility index (Phi) is 4.36. The minimum Gasteiger partial charge on any atom is -0.353 e. The summed E-state index contributed by atoms with van der Waals surface area (Å²) in [6, 6.07) is 2.55. The third kappa shape index (κ3) is 2.72. The molecule has 5 heteroatoms. The number of nitrogens with two attached hydrogens (primary N) is 1. The summed E-state index contributed by atoms with van der Waals surface area (Å²) in [5.41, 5.74) is 2.64. The van der Waals surface area contributed by atoms with Crippen LogP contribution in [0.25, 0.3) is 0 Å². The Morgan fingerprint density at radius 2 is 2.22 bits per heavy atom. The molecular weight excluding hydrogens is 226 g/mol. The maximum atomic E-state index is 5.48. The number of rotatable bonds is 4. The molecule has 0 spiro atoms. The van der Waals surface area contributed by atoms with Gasteiger partial charge in [0.1, 0.15) is 17.5 Å². The summed E-state index contributed by atoms with van der Waals surface area (Å²) >= 11 is 0. The lowest BCUT2D eigenvalue weighted by Crippen LogP contribution is -2.39. The number of aromatic nitrogens is 2. The van der Waals surface area contributed by atoms with Gasteiger partial charge in [0.05, 0.1) is 0 Å². The van der Waals surface area contributed by atoms with Crippen LogP contribution in [0.3, 0.4) is 0 Å². The van der Waals surface area contributed by atoms with Crippen molar-refractivity contribution in [1.29, 1.82) is 0 Å². The molecule has 1 aromatic rings. The van der Waals surface area contributed by atoms with Crippen LogP contribution in [0.15, 0.2) is 6.07 Å². The summed E-state index contributed by atoms with van der Waals surface area (Å²) in [7, 11) is 0. The number of hydrogen-bond acceptors (Lipinski definition) is 5. The molecule has 18 heavy (non-hydrogen) atoms. The number of nitrogens with zero attached hydrogens (tertiary/aromatic N) is 3. The molecule has 1 aliphatic heterocycles. The topological polar surface area (TPSA) is 67.1 Å². The molecule has 5 nitrogen and oxygen atoms in total. The van der Waals surface area contributed by atoms with Crippen molar-refractivity contribution in [3.8, 4) is 0 Å². The largest absolute Gasteiger partial charge is 0.353 e. The number of hydrazine groups is 1. The Bertz CT molecular complexity index is 371. The molecule has 0 amide bonds. The molecule has 1 fully saturated rings. The highest BCUT2D eigenvalue weighted by Gasteiger charge is 2.22. The average molecular weight is 249 g/mol. The lowest BCUT2D eigenvalue weighted by Gasteiger charge is -2.36. The van der Waals surface area contributed by atoms with E-state index in [2.05, 4.69) is 34.1 Å². The number of hydrogen-bond donors (Lipinski definition) is 2. The van der Waals surface area contributed by atoms with Crippen molar-refractivity contribution in [3.63, 3.8) is 0 Å². The van der Waals surface area contributed by atoms with E-state index in [1.54, 1.807) is 0 Å². The Hall–Kier alpha value is -1.36. The molecule has 1 atom stereocenters. The first-order valence-corrected chi connectivity index (χ1v) is 6.89. The van der Waals surface area contributed by atoms with Gasteiger partial charge in [-0.25, -0.2) is 15.8 Å². The zero-order chi connectivity index (χ0) is 13.0. The number of nitrogen functional groups attached to an aromatic ring is 1. The molecular formula is C13H23N5. The molecule has 0 bridgehead atoms. The van der Waals surface area contributed by atoms with Crippen molar-refractivity contribution in [2.75, 3.05) is 16.9 Å². The van der Waals surface area contributed by atoms with Crippen LogP contribution in [0.2, 0.25) is 0 Å². The third-order valence-corrected chi connectivity index (χ3v) is 3.62. The molecule has 0 aromatic carbocycles. The summed E-state index contributed by atoms with van der Waals surface area (Å²) < 4.78 is 0. The van der Waals surface area contributed by atoms with Gasteiger partial charge in [-0.05, 0) is 25.7 Å². The highest BCUT2D eigenvalue weighted by molar-refractivity contribution is 5.49. The molecule has 3 N–H and O–H groups in total. The number of nitrogens with one attached hydrogen (secondary N) is 1. The quantitative estimate of drug-likeness (QED) is 0.632. The molecule has 0 aliphatic carbocycles. The van der Waals surface area contributed by atoms with Crippen molar-refractivity contribution in [3.05, 3.63) is 11.9 Å². The maximum Gasteiger partial charge on any atom is 0.145 e. The summed E-state index contributed by atoms with van der Waals surface area (Å²) in [5, 5.41) is 0. The van der Waals surface area contributed by atoms with Crippen LogP contribution in [-0.4, -0.2) is 22.6 Å². The predicted octanol–water partition coefficient (Wildman–Crippen LogP) is 2.09. The Labute approximate surface area is 109 Å². The van der Waals surface area contributed by atoms with Gasteiger partial charge in [-0.2, -0.15) is 0 Å². The Morgan fingerprint density at radius 1 is 1.39 bits per heavy atom. The monoisotopic (exact) mass is 249 g/mol. The van der Waals surface area contributed by atoms with Gasteiger partial charge in [0.15, 0.2) is 0 Å². The van der Waals surface area contributed by atoms with E-state index in [1.165, 1.54) is 19.3 Å². The van der Waals surface area contributed by atoms with Crippen molar-refractivity contribution in [1.82, 2.24) is 9.97 Å². The highest BCUT2D eigenvalue weighted by atomic mass is 15.3. The molecule has 100 valence electrons. The molecule has 1 unspecified atom stereocenters. The van der Waals surface area contributed by atoms with Crippen LogP contribution in [-0.2, 0) is 6.42 Å². The van der Waals surface area contributed by atoms with Crippen molar-refractivity contribution >= 4 is 11.6 Å². The van der Waals surface area contributed by atoms with Crippen LogP contribution in [0, 0.1) is 0 Å². The van der Waals surface area contributed by atoms with Crippen molar-refractivity contribution in [2.24, 2.45) is 5.84 Å². The summed E-state index contributed by atoms with van der Waals surface area (Å²) in [6.07, 6.45) is 5.81. The van der Waals surface area contributed by atoms with Crippen LogP contribution < -0.4 is 16.2 Å². The SMILES string of the molecule is CCc1nc(NN)cc(N2CCCCC2CC)n1. The zero-order valence-electron chi connectivity index (χ0n) is 11.3. The van der Waals surface area contributed by atoms with E-state index in [0.29, 0.717) is 11.9 Å². The van der Waals surface area contributed by atoms with Gasteiger partial charge < -0.3 is 10.3 Å². The van der Waals surface area contributed by atoms with Crippen LogP contribution in [0.5, 0.6) is 0 Å². The van der Waals surface area contributed by atoms with E-state index >= 15 is 0 Å². The predicted molar refractivity (Wildman–Crippen MR) is 74.5 cm³/mol. The summed E-state index contributed by atoms with van der Waals surface area (Å²) in [6.45, 7) is 5.39. The second-order valence-electron chi connectivity index (χ2n) is 4.78. The van der Waals surface area contributed by atoms with E-state index in [0.717, 1.165) is 31.0 Å². The van der Waals surface area contributed by atoms with Gasteiger partial charge >= 0.3 is 0 Å². The van der Waals surface area contributed by atoms with Gasteiger partial charge in [-0.15, -0.1) is 0 Å². The zero-order valence-corrected chi connectivity index (χ0v) is 11.3. The van der Waals surface area contributed by atoms with Crippen molar-refractivity contribution in [2.45, 2.75) is 52.0 Å². The van der Waals surface area contributed by atoms with Gasteiger partial charge in [-0.1, -0.05) is 13.8 Å². The lowest BCUT2D eigenvalue weighted by atomic mass is 10.00. The first-order chi connectivity index (χ1) is 8.78. The molecule has 0 saturated carbocycles. The first kappa shape index (κ1) is 13.1. The van der Waals surface area contributed by atoms with Crippen LogP contribution in [0.4, 0.5) is 11.6 Å². The lowest BCUT2D eigenvalue weighted by molar-refractivity contribution is 0.446. The molecule has 2 rings (SSSR count). The second-order valence-corrected chi connectivity index (χ2v) is 4.78. The summed E-state index contributed by atoms with van der Waals surface area (Å²) in [4.78, 5) is 11.4. The second kappa shape index (κ2) is 6.00. The first-order valence-electron chi connectivity index (χ1n) is 6.89. The van der Waals surface area contributed by atoms with E-state index < -0.39 is 0 Å². The third-order valence-electron chi connectivity index (χ3n) is 3.62. The molecule has 0 radical (unpaired) electrons. The van der Waals surface area contributed by atoms with Crippen molar-refractivity contribution < 1.29 is 0 Å². The molecule has 1 aromatic heterocycles. The van der Waals surface area contributed by atoms with Gasteiger partial charge in [0.25, 0.3) is 0 Å². The van der Waals surface area contributed by atoms with Gasteiger partial charge in [0.2, 0.25) is 0 Å². The van der Waals surface area contributed by atoms with Crippen LogP contribution in [0.1, 0.15) is 45.4 Å². The Balaban J connectivity index is 2.29. The number of anilines is 2. The van der Waals surface area contributed by atoms with Crippen LogP contribution >= 0.6 is 0 Å². The van der Waals surface area contributed by atoms with Gasteiger partial charge in [-0.3, -0.25) is 0 Å². The van der Waals surface area contributed by atoms with Gasteiger partial charge in [0, 0.05) is 25.1 Å². The number of aryl methyl sites for hydroxylation is 1. The minimum absolute atomic E-state index is 0.601. The standard InChI is InChI=1S/C13H23N5/c1-3-10-7-5-6-8-18(10)13-9-12(17-14)15-11(4-2)16-13/h9-10H,3-8,14H2,1-2H3,(H,15,16,17). The fourth-order valence-electron chi connectivity index (χ4n) is 2.59. The molecule has 1 saturated heterocycles. The summed E-state index contributed by atoms with van der Waals surface area (Å²) in [5.74, 6) is 8.05. The fraction of sp³-hybridized carbons (Fsp3) is 0.692. The minimum atomic E-state index is 0.601. The number of piperidine rings is 1. The molecule has 2 heterocycles. The van der Waals surface area contributed by atoms with E-state index in [1.807, 2.05) is 6.07 Å². The Morgan fingerprint density at radius 3 is 2.89 bits per heavy atom. The smallest absolute Gasteiger partial charge is 0.145 e. The average Bonchev–Trinajstić information content (AvgIpc) is 2.46. The maximum absolute atomic E-state index is 5.48. The van der Waals surface area contributed by atoms with E-state index in [9.17, 15) is 0 Å². The highest BCUT2D eigenvalue weighted by Crippen LogP contribution is 2.26. The van der Waals surface area contributed by atoms with E-state index in [4.69, 9.17) is 5.84 Å².